The van der Waals surface area contributed by atoms with E-state index in [1.165, 1.54) is 0 Å². The third-order valence-corrected chi connectivity index (χ3v) is 5.63. The lowest BCUT2D eigenvalue weighted by Gasteiger charge is -2.23. The highest BCUT2D eigenvalue weighted by Crippen LogP contribution is 2.13. The molecule has 1 aliphatic heterocycles. The van der Waals surface area contributed by atoms with Crippen LogP contribution in [0.25, 0.3) is 5.65 Å². The van der Waals surface area contributed by atoms with Crippen LogP contribution >= 0.6 is 0 Å². The van der Waals surface area contributed by atoms with Gasteiger partial charge in [-0.2, -0.15) is 0 Å². The van der Waals surface area contributed by atoms with E-state index in [-0.39, 0.29) is 23.6 Å². The summed E-state index contributed by atoms with van der Waals surface area (Å²) in [6, 6.07) is 7.74. The van der Waals surface area contributed by atoms with Crippen molar-refractivity contribution in [3.05, 3.63) is 69.5 Å². The molecule has 1 fully saturated rings. The van der Waals surface area contributed by atoms with Crippen molar-refractivity contribution in [2.75, 3.05) is 13.1 Å². The Hall–Kier alpha value is -2.93. The molecule has 0 saturated carbocycles. The van der Waals surface area contributed by atoms with Crippen LogP contribution in [0.15, 0.2) is 41.5 Å². The van der Waals surface area contributed by atoms with Gasteiger partial charge in [-0.05, 0) is 69.5 Å². The van der Waals surface area contributed by atoms with Gasteiger partial charge in [-0.15, -0.1) is 0 Å². The molecule has 3 aromatic heterocycles. The maximum atomic E-state index is 13.0. The lowest BCUT2D eigenvalue weighted by atomic mass is 9.99. The van der Waals surface area contributed by atoms with Crippen molar-refractivity contribution in [1.82, 2.24) is 24.6 Å². The second-order valence-corrected chi connectivity index (χ2v) is 7.85. The largest absolute Gasteiger partial charge is 0.346 e. The first-order valence-corrected chi connectivity index (χ1v) is 10.2. The van der Waals surface area contributed by atoms with Crippen LogP contribution in [0.3, 0.4) is 0 Å². The summed E-state index contributed by atoms with van der Waals surface area (Å²) >= 11 is 0. The van der Waals surface area contributed by atoms with Gasteiger partial charge >= 0.3 is 0 Å². The molecule has 7 heteroatoms. The number of imidazole rings is 1. The molecule has 0 spiro atoms. The summed E-state index contributed by atoms with van der Waals surface area (Å²) in [6.45, 7) is 6.68. The van der Waals surface area contributed by atoms with Gasteiger partial charge in [-0.1, -0.05) is 6.07 Å². The smallest absolute Gasteiger partial charge is 0.263 e. The molecular weight excluding hydrogens is 366 g/mol. The number of nitrogens with zero attached hydrogens (tertiary/aromatic N) is 3. The van der Waals surface area contributed by atoms with E-state index >= 15 is 0 Å². The van der Waals surface area contributed by atoms with Crippen LogP contribution in [-0.2, 0) is 13.1 Å². The highest BCUT2D eigenvalue weighted by molar-refractivity contribution is 5.95. The number of amides is 1. The molecule has 4 rings (SSSR count). The Balaban J connectivity index is 1.50. The fourth-order valence-corrected chi connectivity index (χ4v) is 3.99. The molecule has 7 nitrogen and oxygen atoms in total. The summed E-state index contributed by atoms with van der Waals surface area (Å²) in [5, 5.41) is 6.24. The van der Waals surface area contributed by atoms with Crippen LogP contribution in [0, 0.1) is 19.8 Å². The number of rotatable bonds is 5. The molecule has 29 heavy (non-hydrogen) atoms. The van der Waals surface area contributed by atoms with Gasteiger partial charge in [0.2, 0.25) is 0 Å². The molecule has 1 unspecified atom stereocenters. The highest BCUT2D eigenvalue weighted by atomic mass is 16.2. The van der Waals surface area contributed by atoms with Gasteiger partial charge in [-0.25, -0.2) is 4.98 Å². The van der Waals surface area contributed by atoms with Crippen LogP contribution in [0.2, 0.25) is 0 Å². The van der Waals surface area contributed by atoms with Crippen LogP contribution < -0.4 is 16.2 Å². The fraction of sp³-hybridized carbons (Fsp3) is 0.409. The zero-order valence-corrected chi connectivity index (χ0v) is 16.9. The molecule has 0 aromatic carbocycles. The van der Waals surface area contributed by atoms with Crippen molar-refractivity contribution in [2.24, 2.45) is 5.92 Å². The minimum Gasteiger partial charge on any atom is -0.346 e. The number of nitrogens with one attached hydrogen (secondary N) is 2. The number of carbonyl (C=O) groups excluding carboxylic acids is 1. The van der Waals surface area contributed by atoms with Gasteiger partial charge in [0.15, 0.2) is 0 Å². The number of aromatic nitrogens is 3. The fourth-order valence-electron chi connectivity index (χ4n) is 3.99. The summed E-state index contributed by atoms with van der Waals surface area (Å²) in [7, 11) is 0. The summed E-state index contributed by atoms with van der Waals surface area (Å²) in [6.07, 6.45) is 5.93. The Kier molecular flexibility index (Phi) is 5.49. The van der Waals surface area contributed by atoms with Gasteiger partial charge < -0.3 is 19.6 Å². The van der Waals surface area contributed by atoms with Crippen molar-refractivity contribution in [3.8, 4) is 0 Å². The molecule has 1 aliphatic rings. The SMILES string of the molecule is Cc1ccn(CC2CCCNC2)c(=O)c1C(=O)NCc1cn2c(C)cccc2n1. The summed E-state index contributed by atoms with van der Waals surface area (Å²) in [5.74, 6) is 0.0682. The summed E-state index contributed by atoms with van der Waals surface area (Å²) < 4.78 is 3.66. The lowest BCUT2D eigenvalue weighted by molar-refractivity contribution is 0.0947. The van der Waals surface area contributed by atoms with Crippen molar-refractivity contribution >= 4 is 11.6 Å². The number of aryl methyl sites for hydroxylation is 2. The van der Waals surface area contributed by atoms with Gasteiger partial charge in [0.25, 0.3) is 11.5 Å². The molecule has 152 valence electrons. The topological polar surface area (TPSA) is 80.4 Å². The molecule has 2 N–H and O–H groups in total. The summed E-state index contributed by atoms with van der Waals surface area (Å²) in [4.78, 5) is 30.3. The zero-order chi connectivity index (χ0) is 20.4. The Morgan fingerprint density at radius 1 is 1.31 bits per heavy atom. The van der Waals surface area contributed by atoms with Crippen molar-refractivity contribution in [3.63, 3.8) is 0 Å². The van der Waals surface area contributed by atoms with E-state index in [0.717, 1.165) is 43.0 Å². The molecule has 0 bridgehead atoms. The standard InChI is InChI=1S/C22H27N5O2/c1-15-8-10-26(13-17-6-4-9-23-11-17)22(29)20(15)21(28)24-12-18-14-27-16(2)5-3-7-19(27)25-18/h3,5,7-8,10,14,17,23H,4,6,9,11-13H2,1-2H3,(H,24,28). The third kappa shape index (κ3) is 4.10. The number of piperidine rings is 1. The predicted octanol–water partition coefficient (Wildman–Crippen LogP) is 2.04. The van der Waals surface area contributed by atoms with E-state index in [1.807, 2.05) is 41.8 Å². The van der Waals surface area contributed by atoms with Crippen LogP contribution in [0.5, 0.6) is 0 Å². The molecule has 0 aliphatic carbocycles. The molecule has 1 saturated heterocycles. The van der Waals surface area contributed by atoms with Crippen LogP contribution in [0.4, 0.5) is 0 Å². The maximum absolute atomic E-state index is 13.0. The average Bonchev–Trinajstić information content (AvgIpc) is 3.14. The number of hydrogen-bond acceptors (Lipinski definition) is 4. The normalized spacial score (nSPS) is 16.8. The van der Waals surface area contributed by atoms with E-state index < -0.39 is 0 Å². The van der Waals surface area contributed by atoms with Crippen LogP contribution in [-0.4, -0.2) is 32.9 Å². The number of pyridine rings is 2. The minimum absolute atomic E-state index is 0.219. The average molecular weight is 393 g/mol. The van der Waals surface area contributed by atoms with Gasteiger partial charge in [0.05, 0.1) is 12.2 Å². The quantitative estimate of drug-likeness (QED) is 0.695. The molecule has 4 heterocycles. The predicted molar refractivity (Wildman–Crippen MR) is 112 cm³/mol. The molecular formula is C22H27N5O2. The molecule has 1 amide bonds. The van der Waals surface area contributed by atoms with Gasteiger partial charge in [0.1, 0.15) is 11.2 Å². The lowest BCUT2D eigenvalue weighted by Crippen LogP contribution is -2.37. The minimum atomic E-state index is -0.350. The first kappa shape index (κ1) is 19.4. The Morgan fingerprint density at radius 3 is 2.93 bits per heavy atom. The van der Waals surface area contributed by atoms with Crippen molar-refractivity contribution in [2.45, 2.75) is 39.8 Å². The first-order valence-electron chi connectivity index (χ1n) is 10.2. The van der Waals surface area contributed by atoms with Crippen molar-refractivity contribution in [1.29, 1.82) is 0 Å². The second-order valence-electron chi connectivity index (χ2n) is 7.85. The van der Waals surface area contributed by atoms with E-state index in [4.69, 9.17) is 0 Å². The van der Waals surface area contributed by atoms with E-state index in [9.17, 15) is 9.59 Å². The summed E-state index contributed by atoms with van der Waals surface area (Å²) in [5.41, 5.74) is 3.36. The first-order chi connectivity index (χ1) is 14.0. The van der Waals surface area contributed by atoms with Gasteiger partial charge in [0, 0.05) is 24.6 Å². The highest BCUT2D eigenvalue weighted by Gasteiger charge is 2.19. The third-order valence-electron chi connectivity index (χ3n) is 5.63. The molecule has 0 radical (unpaired) electrons. The Labute approximate surface area is 169 Å². The molecule has 3 aromatic rings. The number of carbonyl (C=O) groups is 1. The maximum Gasteiger partial charge on any atom is 0.263 e. The van der Waals surface area contributed by atoms with E-state index in [2.05, 4.69) is 15.6 Å². The van der Waals surface area contributed by atoms with Crippen molar-refractivity contribution < 1.29 is 4.79 Å². The zero-order valence-electron chi connectivity index (χ0n) is 16.9. The Bertz CT molecular complexity index is 1090. The van der Waals surface area contributed by atoms with Crippen LogP contribution in [0.1, 0.15) is 40.2 Å². The number of fused-ring (bicyclic) bond motifs is 1. The van der Waals surface area contributed by atoms with E-state index in [0.29, 0.717) is 18.0 Å². The molecule has 1 atom stereocenters. The van der Waals surface area contributed by atoms with E-state index in [1.54, 1.807) is 17.7 Å². The monoisotopic (exact) mass is 393 g/mol. The second kappa shape index (κ2) is 8.21. The number of hydrogen-bond donors (Lipinski definition) is 2. The van der Waals surface area contributed by atoms with Gasteiger partial charge in [-0.3, -0.25) is 9.59 Å². The Morgan fingerprint density at radius 2 is 2.17 bits per heavy atom.